The minimum Gasteiger partial charge on any atom is -0.374 e. The highest BCUT2D eigenvalue weighted by Gasteiger charge is 2.44. The quantitative estimate of drug-likeness (QED) is 0.908. The fourth-order valence-electron chi connectivity index (χ4n) is 2.97. The van der Waals surface area contributed by atoms with Crippen molar-refractivity contribution in [1.82, 2.24) is 5.32 Å². The normalized spacial score (nSPS) is 31.5. The van der Waals surface area contributed by atoms with E-state index >= 15 is 0 Å². The Hall–Kier alpha value is -0.870. The summed E-state index contributed by atoms with van der Waals surface area (Å²) < 4.78 is 5.73. The molecule has 98 valence electrons. The van der Waals surface area contributed by atoms with Gasteiger partial charge in [-0.3, -0.25) is 4.79 Å². The van der Waals surface area contributed by atoms with Gasteiger partial charge in [0, 0.05) is 6.54 Å². The molecule has 3 rings (SSSR count). The van der Waals surface area contributed by atoms with E-state index in [-0.39, 0.29) is 17.9 Å². The van der Waals surface area contributed by atoms with Crippen molar-refractivity contribution in [3.8, 4) is 0 Å². The number of ether oxygens (including phenoxy) is 1. The van der Waals surface area contributed by atoms with Gasteiger partial charge in [0.25, 0.3) is 0 Å². The van der Waals surface area contributed by atoms with E-state index in [4.69, 9.17) is 4.74 Å². The van der Waals surface area contributed by atoms with Gasteiger partial charge in [0.1, 0.15) is 0 Å². The number of hydrogen-bond donors (Lipinski definition) is 1. The number of amides is 1. The molecule has 0 saturated carbocycles. The maximum absolute atomic E-state index is 12.1. The van der Waals surface area contributed by atoms with E-state index in [2.05, 4.69) is 29.1 Å². The molecule has 1 aromatic heterocycles. The summed E-state index contributed by atoms with van der Waals surface area (Å²) in [4.78, 5) is 12.1. The zero-order valence-electron chi connectivity index (χ0n) is 10.6. The summed E-state index contributed by atoms with van der Waals surface area (Å²) in [6.45, 7) is 2.88. The lowest BCUT2D eigenvalue weighted by Crippen LogP contribution is -2.37. The molecule has 2 bridgehead atoms. The van der Waals surface area contributed by atoms with E-state index in [1.165, 1.54) is 5.56 Å². The van der Waals surface area contributed by atoms with Gasteiger partial charge in [-0.25, -0.2) is 0 Å². The second-order valence-corrected chi connectivity index (χ2v) is 6.20. The lowest BCUT2D eigenvalue weighted by Gasteiger charge is -2.19. The van der Waals surface area contributed by atoms with Crippen LogP contribution in [-0.2, 0) is 9.53 Å². The van der Waals surface area contributed by atoms with E-state index < -0.39 is 0 Å². The Balaban J connectivity index is 1.50. The van der Waals surface area contributed by atoms with Crippen LogP contribution in [0.15, 0.2) is 16.8 Å². The first-order chi connectivity index (χ1) is 8.74. The molecule has 3 heterocycles. The number of nitrogens with one attached hydrogen (secondary N) is 1. The topological polar surface area (TPSA) is 38.3 Å². The number of thiophene rings is 1. The van der Waals surface area contributed by atoms with Crippen LogP contribution in [0.3, 0.4) is 0 Å². The molecule has 1 amide bonds. The number of rotatable bonds is 4. The zero-order chi connectivity index (χ0) is 12.5. The third-order valence-electron chi connectivity index (χ3n) is 4.14. The Bertz CT molecular complexity index is 417. The highest BCUT2D eigenvalue weighted by atomic mass is 32.1. The minimum atomic E-state index is 0.0958. The zero-order valence-corrected chi connectivity index (χ0v) is 11.4. The Labute approximate surface area is 112 Å². The van der Waals surface area contributed by atoms with E-state index in [0.717, 1.165) is 25.8 Å². The van der Waals surface area contributed by atoms with Crippen LogP contribution in [-0.4, -0.2) is 24.7 Å². The molecule has 1 N–H and O–H groups in total. The van der Waals surface area contributed by atoms with Gasteiger partial charge in [-0.1, -0.05) is 6.92 Å². The molecular weight excluding hydrogens is 246 g/mol. The fraction of sp³-hybridized carbons (Fsp3) is 0.643. The maximum Gasteiger partial charge on any atom is 0.225 e. The molecule has 18 heavy (non-hydrogen) atoms. The molecule has 0 radical (unpaired) electrons. The monoisotopic (exact) mass is 265 g/mol. The minimum absolute atomic E-state index is 0.0958. The van der Waals surface area contributed by atoms with Crippen LogP contribution in [0.5, 0.6) is 0 Å². The van der Waals surface area contributed by atoms with Gasteiger partial charge in [0.15, 0.2) is 0 Å². The SMILES string of the molecule is CC(CNC(=O)C1CC2CCC1O2)c1ccsc1. The summed E-state index contributed by atoms with van der Waals surface area (Å²) in [5, 5.41) is 7.31. The summed E-state index contributed by atoms with van der Waals surface area (Å²) in [5.74, 6) is 0.669. The van der Waals surface area contributed by atoms with Crippen molar-refractivity contribution in [2.24, 2.45) is 5.92 Å². The predicted molar refractivity (Wildman–Crippen MR) is 71.7 cm³/mol. The average molecular weight is 265 g/mol. The molecule has 0 aliphatic carbocycles. The third kappa shape index (κ3) is 2.31. The van der Waals surface area contributed by atoms with Crippen molar-refractivity contribution in [1.29, 1.82) is 0 Å². The van der Waals surface area contributed by atoms with Gasteiger partial charge in [-0.05, 0) is 47.6 Å². The molecule has 2 saturated heterocycles. The van der Waals surface area contributed by atoms with E-state index in [1.54, 1.807) is 11.3 Å². The van der Waals surface area contributed by atoms with Crippen LogP contribution in [0.1, 0.15) is 37.7 Å². The van der Waals surface area contributed by atoms with Crippen LogP contribution in [0, 0.1) is 5.92 Å². The van der Waals surface area contributed by atoms with E-state index in [1.807, 2.05) is 0 Å². The largest absolute Gasteiger partial charge is 0.374 e. The molecule has 2 aliphatic rings. The second kappa shape index (κ2) is 5.02. The van der Waals surface area contributed by atoms with Crippen molar-refractivity contribution < 1.29 is 9.53 Å². The van der Waals surface area contributed by atoms with Crippen LogP contribution in [0.2, 0.25) is 0 Å². The van der Waals surface area contributed by atoms with E-state index in [0.29, 0.717) is 12.0 Å². The molecule has 4 atom stereocenters. The number of carbonyl (C=O) groups is 1. The highest BCUT2D eigenvalue weighted by Crippen LogP contribution is 2.38. The lowest BCUT2D eigenvalue weighted by atomic mass is 9.88. The van der Waals surface area contributed by atoms with E-state index in [9.17, 15) is 4.79 Å². The number of carbonyl (C=O) groups excluding carboxylic acids is 1. The smallest absolute Gasteiger partial charge is 0.225 e. The summed E-state index contributed by atoms with van der Waals surface area (Å²) in [5.41, 5.74) is 1.31. The van der Waals surface area contributed by atoms with Crippen LogP contribution in [0.4, 0.5) is 0 Å². The standard InChI is InChI=1S/C14H19NO2S/c1-9(10-4-5-18-8-10)7-15-14(16)12-6-11-2-3-13(12)17-11/h4-5,8-9,11-13H,2-3,6-7H2,1H3,(H,15,16). The van der Waals surface area contributed by atoms with Crippen molar-refractivity contribution in [3.63, 3.8) is 0 Å². The summed E-state index contributed by atoms with van der Waals surface area (Å²) >= 11 is 1.70. The Morgan fingerprint density at radius 2 is 2.50 bits per heavy atom. The van der Waals surface area contributed by atoms with Gasteiger partial charge in [-0.15, -0.1) is 0 Å². The van der Waals surface area contributed by atoms with Gasteiger partial charge >= 0.3 is 0 Å². The molecule has 1 aromatic rings. The molecule has 0 spiro atoms. The summed E-state index contributed by atoms with van der Waals surface area (Å²) in [6, 6.07) is 2.13. The van der Waals surface area contributed by atoms with Crippen molar-refractivity contribution >= 4 is 17.2 Å². The molecule has 4 heteroatoms. The summed E-state index contributed by atoms with van der Waals surface area (Å²) in [7, 11) is 0. The summed E-state index contributed by atoms with van der Waals surface area (Å²) in [6.07, 6.45) is 3.65. The molecule has 4 unspecified atom stereocenters. The first-order valence-corrected chi connectivity index (χ1v) is 7.63. The van der Waals surface area contributed by atoms with Crippen molar-refractivity contribution in [3.05, 3.63) is 22.4 Å². The molecular formula is C14H19NO2S. The lowest BCUT2D eigenvalue weighted by molar-refractivity contribution is -0.126. The first-order valence-electron chi connectivity index (χ1n) is 6.69. The van der Waals surface area contributed by atoms with Crippen LogP contribution in [0.25, 0.3) is 0 Å². The highest BCUT2D eigenvalue weighted by molar-refractivity contribution is 7.07. The first kappa shape index (κ1) is 12.2. The molecule has 3 nitrogen and oxygen atoms in total. The van der Waals surface area contributed by atoms with Crippen molar-refractivity contribution in [2.45, 2.75) is 44.3 Å². The Morgan fingerprint density at radius 1 is 1.61 bits per heavy atom. The van der Waals surface area contributed by atoms with Gasteiger partial charge < -0.3 is 10.1 Å². The third-order valence-corrected chi connectivity index (χ3v) is 4.84. The van der Waals surface area contributed by atoms with Crippen molar-refractivity contribution in [2.75, 3.05) is 6.54 Å². The Morgan fingerprint density at radius 3 is 3.11 bits per heavy atom. The predicted octanol–water partition coefficient (Wildman–Crippen LogP) is 2.54. The number of hydrogen-bond acceptors (Lipinski definition) is 3. The van der Waals surface area contributed by atoms with Gasteiger partial charge in [0.2, 0.25) is 5.91 Å². The average Bonchev–Trinajstić information content (AvgIpc) is 3.09. The molecule has 0 aromatic carbocycles. The Kier molecular flexibility index (Phi) is 3.39. The second-order valence-electron chi connectivity index (χ2n) is 5.42. The van der Waals surface area contributed by atoms with Crippen LogP contribution >= 0.6 is 11.3 Å². The maximum atomic E-state index is 12.1. The molecule has 2 aliphatic heterocycles. The van der Waals surface area contributed by atoms with Crippen LogP contribution < -0.4 is 5.32 Å². The van der Waals surface area contributed by atoms with Gasteiger partial charge in [-0.2, -0.15) is 11.3 Å². The van der Waals surface area contributed by atoms with Gasteiger partial charge in [0.05, 0.1) is 18.1 Å². The number of fused-ring (bicyclic) bond motifs is 2. The fourth-order valence-corrected chi connectivity index (χ4v) is 3.75. The molecule has 2 fully saturated rings.